The highest BCUT2D eigenvalue weighted by Gasteiger charge is 2.53. The molecule has 80 valence electrons. The van der Waals surface area contributed by atoms with Gasteiger partial charge in [-0.25, -0.2) is 4.79 Å². The molecule has 1 aliphatic carbocycles. The van der Waals surface area contributed by atoms with Crippen molar-refractivity contribution in [3.63, 3.8) is 0 Å². The fourth-order valence-electron chi connectivity index (χ4n) is 2.19. The second-order valence-corrected chi connectivity index (χ2v) is 3.75. The summed E-state index contributed by atoms with van der Waals surface area (Å²) < 4.78 is 0. The lowest BCUT2D eigenvalue weighted by molar-refractivity contribution is -0.157. The third-order valence-electron chi connectivity index (χ3n) is 3.14. The van der Waals surface area contributed by atoms with Crippen molar-refractivity contribution in [1.82, 2.24) is 4.90 Å². The average Bonchev–Trinajstić information content (AvgIpc) is 2.97. The zero-order chi connectivity index (χ0) is 10.8. The van der Waals surface area contributed by atoms with Gasteiger partial charge in [-0.1, -0.05) is 6.92 Å². The van der Waals surface area contributed by atoms with Crippen LogP contribution >= 0.6 is 0 Å². The van der Waals surface area contributed by atoms with E-state index in [2.05, 4.69) is 0 Å². The van der Waals surface area contributed by atoms with Gasteiger partial charge in [-0.3, -0.25) is 4.79 Å². The van der Waals surface area contributed by atoms with Crippen LogP contribution in [0.3, 0.4) is 0 Å². The first-order valence-corrected chi connectivity index (χ1v) is 5.08. The van der Waals surface area contributed by atoms with Gasteiger partial charge in [0.2, 0.25) is 6.41 Å². The summed E-state index contributed by atoms with van der Waals surface area (Å²) in [7, 11) is 0. The second-order valence-electron chi connectivity index (χ2n) is 3.75. The highest BCUT2D eigenvalue weighted by atomic mass is 16.4. The highest BCUT2D eigenvalue weighted by Crippen LogP contribution is 2.44. The minimum atomic E-state index is -0.948. The fraction of sp³-hybridized carbons (Fsp3) is 0.800. The van der Waals surface area contributed by atoms with E-state index in [9.17, 15) is 14.7 Å². The van der Waals surface area contributed by atoms with Crippen LogP contribution in [-0.2, 0) is 9.59 Å². The first kappa shape index (κ1) is 11.0. The van der Waals surface area contributed by atoms with E-state index in [-0.39, 0.29) is 5.92 Å². The largest absolute Gasteiger partial charge is 0.479 e. The molecular weight excluding hydrogens is 182 g/mol. The summed E-state index contributed by atoms with van der Waals surface area (Å²) >= 11 is 0. The predicted molar refractivity (Wildman–Crippen MR) is 51.8 cm³/mol. The van der Waals surface area contributed by atoms with Crippen LogP contribution in [0, 0.1) is 5.92 Å². The molecule has 0 spiro atoms. The SMILES string of the molecule is CCN(C=O)C(CC)(C(=O)O)C1CC1. The molecule has 0 aromatic rings. The second kappa shape index (κ2) is 3.98. The number of rotatable bonds is 6. The summed E-state index contributed by atoms with van der Waals surface area (Å²) in [6.45, 7) is 4.10. The van der Waals surface area contributed by atoms with E-state index in [1.807, 2.05) is 13.8 Å². The van der Waals surface area contributed by atoms with E-state index in [1.54, 1.807) is 0 Å². The third kappa shape index (κ3) is 1.49. The minimum absolute atomic E-state index is 0.148. The molecule has 1 saturated carbocycles. The van der Waals surface area contributed by atoms with E-state index in [0.29, 0.717) is 19.4 Å². The Balaban J connectivity index is 2.98. The van der Waals surface area contributed by atoms with Gasteiger partial charge in [-0.05, 0) is 32.1 Å². The third-order valence-corrected chi connectivity index (χ3v) is 3.14. The van der Waals surface area contributed by atoms with Gasteiger partial charge in [0, 0.05) is 6.54 Å². The van der Waals surface area contributed by atoms with Crippen LogP contribution in [0.5, 0.6) is 0 Å². The van der Waals surface area contributed by atoms with E-state index >= 15 is 0 Å². The molecule has 1 amide bonds. The van der Waals surface area contributed by atoms with Crippen molar-refractivity contribution in [3.05, 3.63) is 0 Å². The van der Waals surface area contributed by atoms with Crippen molar-refractivity contribution < 1.29 is 14.7 Å². The summed E-state index contributed by atoms with van der Waals surface area (Å²) in [5.74, 6) is -0.716. The zero-order valence-electron chi connectivity index (χ0n) is 8.69. The van der Waals surface area contributed by atoms with Crippen LogP contribution in [0.4, 0.5) is 0 Å². The van der Waals surface area contributed by atoms with E-state index in [1.165, 1.54) is 4.90 Å². The number of likely N-dealkylation sites (N-methyl/N-ethyl adjacent to an activating group) is 1. The van der Waals surface area contributed by atoms with Crippen molar-refractivity contribution in [1.29, 1.82) is 0 Å². The van der Waals surface area contributed by atoms with Gasteiger partial charge in [0.05, 0.1) is 0 Å². The normalized spacial score (nSPS) is 19.9. The van der Waals surface area contributed by atoms with Crippen LogP contribution in [0.15, 0.2) is 0 Å². The van der Waals surface area contributed by atoms with E-state index < -0.39 is 11.5 Å². The summed E-state index contributed by atoms with van der Waals surface area (Å²) in [6, 6.07) is 0. The molecule has 0 aromatic heterocycles. The van der Waals surface area contributed by atoms with Gasteiger partial charge in [-0.2, -0.15) is 0 Å². The van der Waals surface area contributed by atoms with Crippen LogP contribution in [-0.4, -0.2) is 34.5 Å². The van der Waals surface area contributed by atoms with Gasteiger partial charge in [-0.15, -0.1) is 0 Å². The number of carboxylic acids is 1. The lowest BCUT2D eigenvalue weighted by Gasteiger charge is -2.37. The Morgan fingerprint density at radius 2 is 2.14 bits per heavy atom. The van der Waals surface area contributed by atoms with E-state index in [4.69, 9.17) is 0 Å². The van der Waals surface area contributed by atoms with Crippen LogP contribution in [0.1, 0.15) is 33.1 Å². The predicted octanol–water partition coefficient (Wildman–Crippen LogP) is 1.11. The Morgan fingerprint density at radius 3 is 2.36 bits per heavy atom. The van der Waals surface area contributed by atoms with Gasteiger partial charge < -0.3 is 10.0 Å². The Bertz CT molecular complexity index is 238. The van der Waals surface area contributed by atoms with Crippen molar-refractivity contribution in [2.75, 3.05) is 6.54 Å². The molecule has 0 saturated heterocycles. The average molecular weight is 199 g/mol. The van der Waals surface area contributed by atoms with Gasteiger partial charge in [0.25, 0.3) is 0 Å². The van der Waals surface area contributed by atoms with Gasteiger partial charge in [0.1, 0.15) is 5.54 Å². The number of amides is 1. The van der Waals surface area contributed by atoms with E-state index in [0.717, 1.165) is 12.8 Å². The van der Waals surface area contributed by atoms with Crippen LogP contribution in [0.2, 0.25) is 0 Å². The number of hydrogen-bond acceptors (Lipinski definition) is 2. The molecule has 1 atom stereocenters. The molecule has 0 heterocycles. The molecule has 1 unspecified atom stereocenters. The van der Waals surface area contributed by atoms with Gasteiger partial charge >= 0.3 is 5.97 Å². The molecule has 0 aromatic carbocycles. The Morgan fingerprint density at radius 1 is 1.57 bits per heavy atom. The number of hydrogen-bond donors (Lipinski definition) is 1. The first-order chi connectivity index (χ1) is 6.63. The molecule has 1 aliphatic rings. The molecule has 4 nitrogen and oxygen atoms in total. The van der Waals surface area contributed by atoms with Crippen molar-refractivity contribution in [2.45, 2.75) is 38.6 Å². The number of carboxylic acid groups (broad SMARTS) is 1. The lowest BCUT2D eigenvalue weighted by atomic mass is 9.88. The maximum Gasteiger partial charge on any atom is 0.329 e. The lowest BCUT2D eigenvalue weighted by Crippen LogP contribution is -2.55. The minimum Gasteiger partial charge on any atom is -0.479 e. The number of nitrogens with zero attached hydrogens (tertiary/aromatic N) is 1. The molecule has 1 rings (SSSR count). The number of aliphatic carboxylic acids is 1. The molecule has 1 fully saturated rings. The first-order valence-electron chi connectivity index (χ1n) is 5.08. The maximum absolute atomic E-state index is 11.3. The monoisotopic (exact) mass is 199 g/mol. The Hall–Kier alpha value is -1.06. The Kier molecular flexibility index (Phi) is 3.13. The topological polar surface area (TPSA) is 57.6 Å². The maximum atomic E-state index is 11.3. The van der Waals surface area contributed by atoms with Crippen molar-refractivity contribution in [3.8, 4) is 0 Å². The molecule has 0 bridgehead atoms. The van der Waals surface area contributed by atoms with Crippen LogP contribution in [0.25, 0.3) is 0 Å². The summed E-state index contributed by atoms with van der Waals surface area (Å²) in [5, 5.41) is 9.27. The smallest absolute Gasteiger partial charge is 0.329 e. The molecular formula is C10H17NO3. The summed E-state index contributed by atoms with van der Waals surface area (Å²) in [6.07, 6.45) is 2.99. The molecule has 0 aliphatic heterocycles. The standard InChI is InChI=1S/C10H17NO3/c1-3-10(9(13)14,8-5-6-8)11(4-2)7-12/h7-8H,3-6H2,1-2H3,(H,13,14). The molecule has 1 N–H and O–H groups in total. The molecule has 0 radical (unpaired) electrons. The molecule has 4 heteroatoms. The summed E-state index contributed by atoms with van der Waals surface area (Å²) in [5.41, 5.74) is -0.948. The number of carbonyl (C=O) groups is 2. The van der Waals surface area contributed by atoms with Crippen molar-refractivity contribution in [2.24, 2.45) is 5.92 Å². The van der Waals surface area contributed by atoms with Gasteiger partial charge in [0.15, 0.2) is 0 Å². The van der Waals surface area contributed by atoms with Crippen molar-refractivity contribution >= 4 is 12.4 Å². The summed E-state index contributed by atoms with van der Waals surface area (Å²) in [4.78, 5) is 23.6. The quantitative estimate of drug-likeness (QED) is 0.652. The fourth-order valence-corrected chi connectivity index (χ4v) is 2.19. The number of carbonyl (C=O) groups excluding carboxylic acids is 1. The van der Waals surface area contributed by atoms with Crippen LogP contribution < -0.4 is 0 Å². The Labute approximate surface area is 83.9 Å². The zero-order valence-corrected chi connectivity index (χ0v) is 8.69. The highest BCUT2D eigenvalue weighted by molar-refractivity contribution is 5.82. The molecule has 14 heavy (non-hydrogen) atoms.